The summed E-state index contributed by atoms with van der Waals surface area (Å²) in [4.78, 5) is 2.71. The highest BCUT2D eigenvalue weighted by molar-refractivity contribution is 7.80. The molecule has 3 nitrogen and oxygen atoms in total. The van der Waals surface area contributed by atoms with Gasteiger partial charge < -0.3 is 15.4 Å². The van der Waals surface area contributed by atoms with Crippen LogP contribution in [0.2, 0.25) is 0 Å². The van der Waals surface area contributed by atoms with Gasteiger partial charge in [-0.15, -0.1) is 0 Å². The number of nitrogens with zero attached hydrogens (tertiary/aromatic N) is 1. The van der Waals surface area contributed by atoms with E-state index < -0.39 is 0 Å². The van der Waals surface area contributed by atoms with Crippen molar-refractivity contribution < 1.29 is 4.74 Å². The molecule has 0 saturated heterocycles. The van der Waals surface area contributed by atoms with Crippen molar-refractivity contribution in [3.8, 4) is 5.75 Å². The van der Waals surface area contributed by atoms with E-state index in [9.17, 15) is 0 Å². The lowest BCUT2D eigenvalue weighted by Gasteiger charge is -2.18. The van der Waals surface area contributed by atoms with E-state index in [2.05, 4.69) is 18.9 Å². The van der Waals surface area contributed by atoms with Crippen molar-refractivity contribution in [1.29, 1.82) is 0 Å². The first-order chi connectivity index (χ1) is 8.58. The summed E-state index contributed by atoms with van der Waals surface area (Å²) in [6.45, 7) is 4.12. The Bertz CT molecular complexity index is 407. The molecule has 18 heavy (non-hydrogen) atoms. The number of hydrogen-bond acceptors (Lipinski definition) is 3. The summed E-state index contributed by atoms with van der Waals surface area (Å²) in [5, 5.41) is 0. The largest absolute Gasteiger partial charge is 0.496 e. The maximum Gasteiger partial charge on any atom is 0.123 e. The average Bonchev–Trinajstić information content (AvgIpc) is 2.36. The molecular weight excluding hydrogens is 244 g/mol. The molecule has 0 aliphatic rings. The standard InChI is InChI=1S/C14H22N2OS/c1-4-5-8-16(2)10-12-9-11(14(15)18)6-7-13(12)17-3/h6-7,9H,4-5,8,10H2,1-3H3,(H2,15,18). The van der Waals surface area contributed by atoms with E-state index in [4.69, 9.17) is 22.7 Å². The van der Waals surface area contributed by atoms with Gasteiger partial charge in [0.2, 0.25) is 0 Å². The maximum absolute atomic E-state index is 5.66. The fraction of sp³-hybridized carbons (Fsp3) is 0.500. The zero-order valence-electron chi connectivity index (χ0n) is 11.4. The molecule has 1 aromatic carbocycles. The Morgan fingerprint density at radius 1 is 1.44 bits per heavy atom. The Morgan fingerprint density at radius 3 is 2.72 bits per heavy atom. The van der Waals surface area contributed by atoms with Crippen molar-refractivity contribution in [1.82, 2.24) is 4.90 Å². The molecule has 0 atom stereocenters. The predicted octanol–water partition coefficient (Wildman–Crippen LogP) is 2.56. The highest BCUT2D eigenvalue weighted by Crippen LogP contribution is 2.21. The number of ether oxygens (including phenoxy) is 1. The number of thiocarbonyl (C=S) groups is 1. The Kier molecular flexibility index (Phi) is 6.09. The van der Waals surface area contributed by atoms with Gasteiger partial charge >= 0.3 is 0 Å². The monoisotopic (exact) mass is 266 g/mol. The van der Waals surface area contributed by atoms with Crippen LogP contribution in [0.25, 0.3) is 0 Å². The number of methoxy groups -OCH3 is 1. The van der Waals surface area contributed by atoms with E-state index in [1.807, 2.05) is 18.2 Å². The zero-order chi connectivity index (χ0) is 13.5. The Hall–Kier alpha value is -1.13. The molecule has 100 valence electrons. The van der Waals surface area contributed by atoms with Crippen LogP contribution in [0.15, 0.2) is 18.2 Å². The van der Waals surface area contributed by atoms with E-state index in [-0.39, 0.29) is 0 Å². The zero-order valence-corrected chi connectivity index (χ0v) is 12.2. The molecule has 0 bridgehead atoms. The van der Waals surface area contributed by atoms with E-state index in [1.54, 1.807) is 7.11 Å². The van der Waals surface area contributed by atoms with Crippen molar-refractivity contribution in [3.63, 3.8) is 0 Å². The molecule has 0 aromatic heterocycles. The lowest BCUT2D eigenvalue weighted by Crippen LogP contribution is -2.20. The van der Waals surface area contributed by atoms with Crippen LogP contribution in [0.5, 0.6) is 5.75 Å². The normalized spacial score (nSPS) is 10.7. The quantitative estimate of drug-likeness (QED) is 0.770. The van der Waals surface area contributed by atoms with Gasteiger partial charge in [0.15, 0.2) is 0 Å². The number of rotatable bonds is 7. The fourth-order valence-corrected chi connectivity index (χ4v) is 1.98. The van der Waals surface area contributed by atoms with Crippen molar-refractivity contribution in [3.05, 3.63) is 29.3 Å². The number of benzene rings is 1. The van der Waals surface area contributed by atoms with Crippen LogP contribution in [0.4, 0.5) is 0 Å². The predicted molar refractivity (Wildman–Crippen MR) is 80.1 cm³/mol. The fourth-order valence-electron chi connectivity index (χ4n) is 1.85. The summed E-state index contributed by atoms with van der Waals surface area (Å²) in [7, 11) is 3.80. The van der Waals surface area contributed by atoms with Crippen molar-refractivity contribution >= 4 is 17.2 Å². The van der Waals surface area contributed by atoms with Gasteiger partial charge in [-0.1, -0.05) is 25.6 Å². The highest BCUT2D eigenvalue weighted by Gasteiger charge is 2.08. The third-order valence-corrected chi connectivity index (χ3v) is 3.13. The molecule has 0 aliphatic heterocycles. The first-order valence-electron chi connectivity index (χ1n) is 6.23. The minimum atomic E-state index is 0.426. The van der Waals surface area contributed by atoms with Crippen LogP contribution in [-0.2, 0) is 6.54 Å². The summed E-state index contributed by atoms with van der Waals surface area (Å²) in [5.41, 5.74) is 7.68. The molecule has 1 rings (SSSR count). The second-order valence-electron chi connectivity index (χ2n) is 4.48. The Morgan fingerprint density at radius 2 is 2.17 bits per heavy atom. The number of nitrogens with two attached hydrogens (primary N) is 1. The lowest BCUT2D eigenvalue weighted by atomic mass is 10.1. The van der Waals surface area contributed by atoms with Gasteiger partial charge in [-0.3, -0.25) is 0 Å². The van der Waals surface area contributed by atoms with Crippen molar-refractivity contribution in [2.24, 2.45) is 5.73 Å². The third-order valence-electron chi connectivity index (χ3n) is 2.90. The van der Waals surface area contributed by atoms with Crippen LogP contribution in [0.1, 0.15) is 30.9 Å². The molecule has 4 heteroatoms. The van der Waals surface area contributed by atoms with Crippen molar-refractivity contribution in [2.75, 3.05) is 20.7 Å². The van der Waals surface area contributed by atoms with Gasteiger partial charge in [-0.2, -0.15) is 0 Å². The second kappa shape index (κ2) is 7.34. The lowest BCUT2D eigenvalue weighted by molar-refractivity contribution is 0.312. The minimum absolute atomic E-state index is 0.426. The summed E-state index contributed by atoms with van der Waals surface area (Å²) >= 11 is 5.01. The van der Waals surface area contributed by atoms with Crippen LogP contribution in [0, 0.1) is 0 Å². The van der Waals surface area contributed by atoms with E-state index in [0.29, 0.717) is 4.99 Å². The molecule has 0 unspecified atom stereocenters. The Labute approximate surface area is 115 Å². The molecular formula is C14H22N2OS. The van der Waals surface area contributed by atoms with E-state index in [0.717, 1.165) is 30.0 Å². The average molecular weight is 266 g/mol. The van der Waals surface area contributed by atoms with Crippen LogP contribution in [-0.4, -0.2) is 30.6 Å². The Balaban J connectivity index is 2.84. The molecule has 0 heterocycles. The number of unbranched alkanes of at least 4 members (excludes halogenated alkanes) is 1. The minimum Gasteiger partial charge on any atom is -0.496 e. The van der Waals surface area contributed by atoms with E-state index in [1.165, 1.54) is 12.8 Å². The summed E-state index contributed by atoms with van der Waals surface area (Å²) in [6.07, 6.45) is 2.40. The molecule has 0 spiro atoms. The highest BCUT2D eigenvalue weighted by atomic mass is 32.1. The van der Waals surface area contributed by atoms with Gasteiger partial charge in [0.1, 0.15) is 10.7 Å². The summed E-state index contributed by atoms with van der Waals surface area (Å²) < 4.78 is 5.37. The molecule has 0 radical (unpaired) electrons. The van der Waals surface area contributed by atoms with Gasteiger partial charge in [-0.25, -0.2) is 0 Å². The van der Waals surface area contributed by atoms with Gasteiger partial charge in [-0.05, 0) is 38.2 Å². The smallest absolute Gasteiger partial charge is 0.123 e. The first-order valence-corrected chi connectivity index (χ1v) is 6.64. The first kappa shape index (κ1) is 14.9. The summed E-state index contributed by atoms with van der Waals surface area (Å²) in [5.74, 6) is 0.887. The molecule has 0 saturated carbocycles. The number of hydrogen-bond donors (Lipinski definition) is 1. The van der Waals surface area contributed by atoms with Gasteiger partial charge in [0.25, 0.3) is 0 Å². The molecule has 1 aromatic rings. The molecule has 0 fully saturated rings. The van der Waals surface area contributed by atoms with Crippen LogP contribution < -0.4 is 10.5 Å². The second-order valence-corrected chi connectivity index (χ2v) is 4.92. The van der Waals surface area contributed by atoms with E-state index >= 15 is 0 Å². The molecule has 0 aliphatic carbocycles. The van der Waals surface area contributed by atoms with Crippen molar-refractivity contribution in [2.45, 2.75) is 26.3 Å². The molecule has 2 N–H and O–H groups in total. The van der Waals surface area contributed by atoms with Crippen LogP contribution >= 0.6 is 12.2 Å². The van der Waals surface area contributed by atoms with Gasteiger partial charge in [0, 0.05) is 17.7 Å². The summed E-state index contributed by atoms with van der Waals surface area (Å²) in [6, 6.07) is 5.85. The third kappa shape index (κ3) is 4.27. The van der Waals surface area contributed by atoms with Gasteiger partial charge in [0.05, 0.1) is 7.11 Å². The molecule has 0 amide bonds. The SMILES string of the molecule is CCCCN(C)Cc1cc(C(N)=S)ccc1OC. The topological polar surface area (TPSA) is 38.5 Å². The maximum atomic E-state index is 5.66. The van der Waals surface area contributed by atoms with Crippen LogP contribution in [0.3, 0.4) is 0 Å².